The molecule has 9 heteroatoms. The summed E-state index contributed by atoms with van der Waals surface area (Å²) in [5.74, 6) is 0.189. The van der Waals surface area contributed by atoms with E-state index in [0.29, 0.717) is 30.7 Å². The smallest absolute Gasteiger partial charge is 0.423 e. The molecule has 1 saturated carbocycles. The number of carbonyl (C=O) groups excluding carboxylic acids is 2. The molecule has 2 aromatic rings. The SMILES string of the molecule is CC.CCC.COc1ccccc1C(=O)NCC1(c2ccccc2)CCC(CS(=O)(=O)N2CCOC2=O)CC1. The number of ether oxygens (including phenoxy) is 2. The second-order valence-corrected chi connectivity index (χ2v) is 11.6. The molecule has 1 N–H and O–H groups in total. The Morgan fingerprint density at radius 3 is 2.21 bits per heavy atom. The van der Waals surface area contributed by atoms with E-state index in [-0.39, 0.29) is 36.1 Å². The first-order valence-corrected chi connectivity index (χ1v) is 15.5. The second kappa shape index (κ2) is 15.5. The molecule has 0 radical (unpaired) electrons. The monoisotopic (exact) mass is 560 g/mol. The van der Waals surface area contributed by atoms with Crippen molar-refractivity contribution in [1.29, 1.82) is 0 Å². The number of nitrogens with zero attached hydrogens (tertiary/aromatic N) is 1. The van der Waals surface area contributed by atoms with Gasteiger partial charge in [-0.1, -0.05) is 76.6 Å². The fourth-order valence-electron chi connectivity index (χ4n) is 4.95. The first-order valence-electron chi connectivity index (χ1n) is 13.9. The predicted molar refractivity (Wildman–Crippen MR) is 155 cm³/mol. The average molecular weight is 561 g/mol. The van der Waals surface area contributed by atoms with Crippen LogP contribution in [0.5, 0.6) is 5.75 Å². The number of carbonyl (C=O) groups is 2. The highest BCUT2D eigenvalue weighted by Crippen LogP contribution is 2.42. The van der Waals surface area contributed by atoms with Crippen LogP contribution in [0.3, 0.4) is 0 Å². The fraction of sp³-hybridized carbons (Fsp3) is 0.533. The number of amides is 2. The summed E-state index contributed by atoms with van der Waals surface area (Å²) < 4.78 is 36.4. The Labute approximate surface area is 234 Å². The minimum absolute atomic E-state index is 0.0554. The number of hydrogen-bond acceptors (Lipinski definition) is 6. The van der Waals surface area contributed by atoms with Crippen molar-refractivity contribution in [2.24, 2.45) is 5.92 Å². The van der Waals surface area contributed by atoms with Gasteiger partial charge in [-0.3, -0.25) is 4.79 Å². The molecule has 2 aliphatic rings. The lowest BCUT2D eigenvalue weighted by Gasteiger charge is -2.41. The molecule has 2 fully saturated rings. The molecular weight excluding hydrogens is 516 g/mol. The van der Waals surface area contributed by atoms with Gasteiger partial charge in [0.05, 0.1) is 25.0 Å². The minimum Gasteiger partial charge on any atom is -0.496 e. The Kier molecular flexibility index (Phi) is 12.8. The van der Waals surface area contributed by atoms with Crippen LogP contribution < -0.4 is 10.1 Å². The van der Waals surface area contributed by atoms with Crippen LogP contribution >= 0.6 is 0 Å². The molecule has 39 heavy (non-hydrogen) atoms. The van der Waals surface area contributed by atoms with E-state index in [1.165, 1.54) is 13.5 Å². The van der Waals surface area contributed by atoms with Gasteiger partial charge in [0.2, 0.25) is 10.0 Å². The zero-order valence-corrected chi connectivity index (χ0v) is 24.8. The standard InChI is InChI=1S/C25H30N2O6S.C3H8.C2H6/c1-32-22-10-6-5-9-21(22)23(28)26-18-25(20-7-3-2-4-8-20)13-11-19(12-14-25)17-34(30,31)27-15-16-33-24(27)29;1-3-2;1-2/h2-10,19H,11-18H2,1H3,(H,26,28);3H2,1-2H3;1-2H3. The van der Waals surface area contributed by atoms with Crippen LogP contribution in [-0.2, 0) is 20.2 Å². The van der Waals surface area contributed by atoms with Crippen molar-refractivity contribution in [3.63, 3.8) is 0 Å². The summed E-state index contributed by atoms with van der Waals surface area (Å²) in [6, 6.07) is 17.1. The zero-order valence-electron chi connectivity index (χ0n) is 23.9. The number of sulfonamides is 1. The Morgan fingerprint density at radius 1 is 1.05 bits per heavy atom. The van der Waals surface area contributed by atoms with Gasteiger partial charge in [-0.15, -0.1) is 0 Å². The molecule has 0 aromatic heterocycles. The van der Waals surface area contributed by atoms with Crippen molar-refractivity contribution >= 4 is 22.0 Å². The second-order valence-electron chi connectivity index (χ2n) is 9.64. The fourth-order valence-corrected chi connectivity index (χ4v) is 6.69. The maximum atomic E-state index is 13.0. The Hall–Kier alpha value is -3.07. The van der Waals surface area contributed by atoms with Crippen molar-refractivity contribution < 1.29 is 27.5 Å². The van der Waals surface area contributed by atoms with Crippen LogP contribution in [0.2, 0.25) is 0 Å². The molecule has 0 unspecified atom stereocenters. The highest BCUT2D eigenvalue weighted by atomic mass is 32.2. The van der Waals surface area contributed by atoms with Gasteiger partial charge in [0, 0.05) is 12.0 Å². The first-order chi connectivity index (χ1) is 18.8. The molecule has 216 valence electrons. The first kappa shape index (κ1) is 32.1. The Morgan fingerprint density at radius 2 is 1.64 bits per heavy atom. The summed E-state index contributed by atoms with van der Waals surface area (Å²) in [5, 5.41) is 3.09. The minimum atomic E-state index is -3.71. The number of nitrogens with one attached hydrogen (secondary N) is 1. The largest absolute Gasteiger partial charge is 0.496 e. The topological polar surface area (TPSA) is 102 Å². The van der Waals surface area contributed by atoms with Crippen LogP contribution in [-0.4, -0.2) is 57.3 Å². The number of rotatable bonds is 8. The molecule has 1 aliphatic carbocycles. The summed E-state index contributed by atoms with van der Waals surface area (Å²) in [6.45, 7) is 8.87. The van der Waals surface area contributed by atoms with Crippen molar-refractivity contribution in [3.05, 3.63) is 65.7 Å². The van der Waals surface area contributed by atoms with Crippen molar-refractivity contribution in [1.82, 2.24) is 9.62 Å². The molecule has 0 bridgehead atoms. The van der Waals surface area contributed by atoms with Crippen LogP contribution in [0.4, 0.5) is 4.79 Å². The third kappa shape index (κ3) is 8.46. The number of para-hydroxylation sites is 1. The maximum absolute atomic E-state index is 13.0. The van der Waals surface area contributed by atoms with E-state index in [1.54, 1.807) is 18.2 Å². The molecule has 4 rings (SSSR count). The van der Waals surface area contributed by atoms with Crippen molar-refractivity contribution in [2.45, 2.75) is 65.2 Å². The van der Waals surface area contributed by atoms with E-state index in [4.69, 9.17) is 9.47 Å². The number of methoxy groups -OCH3 is 1. The van der Waals surface area contributed by atoms with Gasteiger partial charge in [-0.25, -0.2) is 17.5 Å². The molecule has 2 aromatic carbocycles. The van der Waals surface area contributed by atoms with Gasteiger partial charge < -0.3 is 14.8 Å². The molecule has 1 aliphatic heterocycles. The summed E-state index contributed by atoms with van der Waals surface area (Å²) in [6.07, 6.45) is 3.29. The van der Waals surface area contributed by atoms with Gasteiger partial charge in [0.15, 0.2) is 0 Å². The van der Waals surface area contributed by atoms with E-state index in [9.17, 15) is 18.0 Å². The lowest BCUT2D eigenvalue weighted by molar-refractivity contribution is 0.0930. The lowest BCUT2D eigenvalue weighted by Crippen LogP contribution is -2.44. The normalized spacial score (nSPS) is 20.5. The highest BCUT2D eigenvalue weighted by molar-refractivity contribution is 7.89. The molecule has 8 nitrogen and oxygen atoms in total. The highest BCUT2D eigenvalue weighted by Gasteiger charge is 2.41. The van der Waals surface area contributed by atoms with Gasteiger partial charge in [-0.05, 0) is 49.3 Å². The number of hydrogen-bond donors (Lipinski definition) is 1. The average Bonchev–Trinajstić information content (AvgIpc) is 3.41. The molecule has 1 heterocycles. The van der Waals surface area contributed by atoms with Gasteiger partial charge in [0.1, 0.15) is 12.4 Å². The van der Waals surface area contributed by atoms with E-state index < -0.39 is 16.1 Å². The maximum Gasteiger partial charge on any atom is 0.423 e. The van der Waals surface area contributed by atoms with Crippen LogP contribution in [0.1, 0.15) is 75.7 Å². The lowest BCUT2D eigenvalue weighted by atomic mass is 9.67. The van der Waals surface area contributed by atoms with Crippen molar-refractivity contribution in [2.75, 3.05) is 32.6 Å². The van der Waals surface area contributed by atoms with Gasteiger partial charge in [-0.2, -0.15) is 0 Å². The van der Waals surface area contributed by atoms with Crippen LogP contribution in [0, 0.1) is 5.92 Å². The summed E-state index contributed by atoms with van der Waals surface area (Å²) in [4.78, 5) is 24.7. The van der Waals surface area contributed by atoms with Crippen LogP contribution in [0.15, 0.2) is 54.6 Å². The third-order valence-electron chi connectivity index (χ3n) is 6.89. The molecule has 2 amide bonds. The quantitative estimate of drug-likeness (QED) is 0.439. The van der Waals surface area contributed by atoms with E-state index in [0.717, 1.165) is 22.7 Å². The number of benzene rings is 2. The Bertz CT molecular complexity index is 1150. The predicted octanol–water partition coefficient (Wildman–Crippen LogP) is 5.78. The molecular formula is C30H44N2O6S. The van der Waals surface area contributed by atoms with Crippen molar-refractivity contribution in [3.8, 4) is 5.75 Å². The molecule has 0 spiro atoms. The van der Waals surface area contributed by atoms with Gasteiger partial charge in [0.25, 0.3) is 5.91 Å². The third-order valence-corrected chi connectivity index (χ3v) is 8.79. The molecule has 0 atom stereocenters. The summed E-state index contributed by atoms with van der Waals surface area (Å²) >= 11 is 0. The van der Waals surface area contributed by atoms with Gasteiger partial charge >= 0.3 is 6.09 Å². The zero-order chi connectivity index (χ0) is 28.9. The summed E-state index contributed by atoms with van der Waals surface area (Å²) in [5.41, 5.74) is 1.30. The van der Waals surface area contributed by atoms with E-state index in [1.807, 2.05) is 38.1 Å². The number of cyclic esters (lactones) is 1. The van der Waals surface area contributed by atoms with E-state index >= 15 is 0 Å². The Balaban J connectivity index is 0.000000998. The van der Waals surface area contributed by atoms with E-state index in [2.05, 4.69) is 31.3 Å². The summed E-state index contributed by atoms with van der Waals surface area (Å²) in [7, 11) is -2.17. The molecule has 1 saturated heterocycles. The van der Waals surface area contributed by atoms with Crippen LogP contribution in [0.25, 0.3) is 0 Å².